The van der Waals surface area contributed by atoms with E-state index >= 15 is 0 Å². The van der Waals surface area contributed by atoms with Gasteiger partial charge in [0.15, 0.2) is 0 Å². The number of para-hydroxylation sites is 1. The number of nitrogens with zero attached hydrogens (tertiary/aromatic N) is 1. The van der Waals surface area contributed by atoms with Gasteiger partial charge in [0.2, 0.25) is 0 Å². The molecule has 0 bridgehead atoms. The van der Waals surface area contributed by atoms with Crippen LogP contribution in [0.5, 0.6) is 5.75 Å². The highest BCUT2D eigenvalue weighted by molar-refractivity contribution is 5.36. The first kappa shape index (κ1) is 15.3. The molecule has 0 amide bonds. The van der Waals surface area contributed by atoms with E-state index in [9.17, 15) is 0 Å². The Morgan fingerprint density at radius 2 is 2.20 bits per heavy atom. The van der Waals surface area contributed by atoms with E-state index in [1.54, 1.807) is 7.11 Å². The monoisotopic (exact) mass is 280 g/mol. The second-order valence-corrected chi connectivity index (χ2v) is 5.08. The zero-order valence-electron chi connectivity index (χ0n) is 12.2. The summed E-state index contributed by atoms with van der Waals surface area (Å²) in [7, 11) is 3.75. The molecule has 1 fully saturated rings. The Morgan fingerprint density at radius 1 is 1.40 bits per heavy atom. The number of likely N-dealkylation sites (N-methyl/N-ethyl adjacent to an activating group) is 1. The molecule has 1 saturated heterocycles. The van der Waals surface area contributed by atoms with Crippen molar-refractivity contribution in [2.45, 2.75) is 12.1 Å². The summed E-state index contributed by atoms with van der Waals surface area (Å²) in [6.45, 7) is 3.60. The number of morpholine rings is 1. The van der Waals surface area contributed by atoms with E-state index in [1.165, 1.54) is 0 Å². The molecule has 2 N–H and O–H groups in total. The second-order valence-electron chi connectivity index (χ2n) is 5.08. The van der Waals surface area contributed by atoms with Gasteiger partial charge in [0, 0.05) is 25.8 Å². The molecule has 2 unspecified atom stereocenters. The third-order valence-electron chi connectivity index (χ3n) is 3.52. The van der Waals surface area contributed by atoms with Crippen LogP contribution < -0.4 is 10.5 Å². The number of benzene rings is 1. The summed E-state index contributed by atoms with van der Waals surface area (Å²) in [4.78, 5) is 2.24. The zero-order valence-corrected chi connectivity index (χ0v) is 12.2. The van der Waals surface area contributed by atoms with Crippen molar-refractivity contribution in [2.24, 2.45) is 5.73 Å². The summed E-state index contributed by atoms with van der Waals surface area (Å²) in [6, 6.07) is 7.69. The molecule has 0 radical (unpaired) electrons. The van der Waals surface area contributed by atoms with Crippen molar-refractivity contribution < 1.29 is 14.2 Å². The number of methoxy groups -OCH3 is 1. The predicted octanol–water partition coefficient (Wildman–Crippen LogP) is 1.04. The van der Waals surface area contributed by atoms with Gasteiger partial charge in [-0.25, -0.2) is 0 Å². The standard InChI is InChI=1S/C15H24N2O3/c1-17-7-8-19-14(11-17)15(16)12-5-3-4-6-13(12)20-10-9-18-2/h3-6,14-15H,7-11,16H2,1-2H3. The lowest BCUT2D eigenvalue weighted by molar-refractivity contribution is -0.0330. The van der Waals surface area contributed by atoms with Gasteiger partial charge in [0.25, 0.3) is 0 Å². The molecule has 2 atom stereocenters. The fourth-order valence-electron chi connectivity index (χ4n) is 2.35. The lowest BCUT2D eigenvalue weighted by atomic mass is 10.00. The minimum atomic E-state index is -0.184. The average molecular weight is 280 g/mol. The van der Waals surface area contributed by atoms with Crippen LogP contribution in [-0.2, 0) is 9.47 Å². The van der Waals surface area contributed by atoms with Crippen molar-refractivity contribution in [3.63, 3.8) is 0 Å². The van der Waals surface area contributed by atoms with Gasteiger partial charge in [-0.1, -0.05) is 18.2 Å². The summed E-state index contributed by atoms with van der Waals surface area (Å²) in [5.41, 5.74) is 7.36. The first-order valence-corrected chi connectivity index (χ1v) is 6.98. The molecule has 2 rings (SSSR count). The lowest BCUT2D eigenvalue weighted by Crippen LogP contribution is -2.45. The highest BCUT2D eigenvalue weighted by Crippen LogP contribution is 2.28. The Balaban J connectivity index is 2.06. The van der Waals surface area contributed by atoms with Gasteiger partial charge < -0.3 is 24.8 Å². The summed E-state index contributed by atoms with van der Waals surface area (Å²) in [6.07, 6.45) is 0.000857. The second kappa shape index (κ2) is 7.59. The van der Waals surface area contributed by atoms with Crippen LogP contribution in [0.4, 0.5) is 0 Å². The van der Waals surface area contributed by atoms with E-state index in [0.29, 0.717) is 13.2 Å². The molecule has 1 aliphatic heterocycles. The fraction of sp³-hybridized carbons (Fsp3) is 0.600. The van der Waals surface area contributed by atoms with Crippen LogP contribution in [0.25, 0.3) is 0 Å². The van der Waals surface area contributed by atoms with E-state index in [4.69, 9.17) is 19.9 Å². The smallest absolute Gasteiger partial charge is 0.124 e. The maximum Gasteiger partial charge on any atom is 0.124 e. The molecular formula is C15H24N2O3. The highest BCUT2D eigenvalue weighted by Gasteiger charge is 2.27. The third-order valence-corrected chi connectivity index (χ3v) is 3.52. The Morgan fingerprint density at radius 3 is 2.95 bits per heavy atom. The molecule has 20 heavy (non-hydrogen) atoms. The lowest BCUT2D eigenvalue weighted by Gasteiger charge is -2.34. The molecule has 1 aromatic carbocycles. The zero-order chi connectivity index (χ0) is 14.4. The number of rotatable bonds is 6. The minimum Gasteiger partial charge on any atom is -0.491 e. The van der Waals surface area contributed by atoms with Crippen LogP contribution in [-0.4, -0.2) is 58.1 Å². The van der Waals surface area contributed by atoms with E-state index in [0.717, 1.165) is 31.0 Å². The van der Waals surface area contributed by atoms with Crippen molar-refractivity contribution in [3.05, 3.63) is 29.8 Å². The largest absolute Gasteiger partial charge is 0.491 e. The fourth-order valence-corrected chi connectivity index (χ4v) is 2.35. The summed E-state index contributed by atoms with van der Waals surface area (Å²) in [5, 5.41) is 0. The maximum atomic E-state index is 6.37. The van der Waals surface area contributed by atoms with E-state index < -0.39 is 0 Å². The molecule has 5 heteroatoms. The molecule has 5 nitrogen and oxygen atoms in total. The van der Waals surface area contributed by atoms with Gasteiger partial charge in [0.1, 0.15) is 12.4 Å². The van der Waals surface area contributed by atoms with Gasteiger partial charge in [-0.2, -0.15) is 0 Å². The predicted molar refractivity (Wildman–Crippen MR) is 78.0 cm³/mol. The molecule has 0 aliphatic carbocycles. The number of ether oxygens (including phenoxy) is 3. The number of nitrogens with two attached hydrogens (primary N) is 1. The SMILES string of the molecule is COCCOc1ccccc1C(N)C1CN(C)CCO1. The molecule has 1 heterocycles. The van der Waals surface area contributed by atoms with Crippen molar-refractivity contribution in [1.29, 1.82) is 0 Å². The number of hydrogen-bond donors (Lipinski definition) is 1. The first-order valence-electron chi connectivity index (χ1n) is 6.98. The van der Waals surface area contributed by atoms with Gasteiger partial charge >= 0.3 is 0 Å². The van der Waals surface area contributed by atoms with E-state index in [1.807, 2.05) is 24.3 Å². The van der Waals surface area contributed by atoms with Crippen LogP contribution in [0.2, 0.25) is 0 Å². The molecule has 1 aliphatic rings. The Kier molecular flexibility index (Phi) is 5.79. The molecule has 112 valence electrons. The van der Waals surface area contributed by atoms with Gasteiger partial charge in [-0.3, -0.25) is 0 Å². The number of hydrogen-bond acceptors (Lipinski definition) is 5. The molecule has 0 spiro atoms. The van der Waals surface area contributed by atoms with E-state index in [2.05, 4.69) is 11.9 Å². The van der Waals surface area contributed by atoms with E-state index in [-0.39, 0.29) is 12.1 Å². The molecule has 1 aromatic rings. The van der Waals surface area contributed by atoms with Crippen LogP contribution in [0.1, 0.15) is 11.6 Å². The van der Waals surface area contributed by atoms with Crippen molar-refractivity contribution in [3.8, 4) is 5.75 Å². The highest BCUT2D eigenvalue weighted by atomic mass is 16.5. The van der Waals surface area contributed by atoms with Gasteiger partial charge in [0.05, 0.1) is 25.4 Å². The Bertz CT molecular complexity index is 414. The minimum absolute atomic E-state index is 0.000857. The molecule has 0 saturated carbocycles. The van der Waals surface area contributed by atoms with Gasteiger partial charge in [-0.05, 0) is 13.1 Å². The van der Waals surface area contributed by atoms with Gasteiger partial charge in [-0.15, -0.1) is 0 Å². The van der Waals surface area contributed by atoms with Crippen molar-refractivity contribution in [2.75, 3.05) is 47.1 Å². The summed E-state index contributed by atoms with van der Waals surface area (Å²) >= 11 is 0. The summed E-state index contributed by atoms with van der Waals surface area (Å²) < 4.78 is 16.5. The normalized spacial score (nSPS) is 21.6. The quantitative estimate of drug-likeness (QED) is 0.789. The van der Waals surface area contributed by atoms with Crippen molar-refractivity contribution >= 4 is 0 Å². The van der Waals surface area contributed by atoms with Crippen LogP contribution >= 0.6 is 0 Å². The molecule has 0 aromatic heterocycles. The summed E-state index contributed by atoms with van der Waals surface area (Å²) in [5.74, 6) is 0.814. The topological polar surface area (TPSA) is 57.0 Å². The Hall–Kier alpha value is -1.14. The third kappa shape index (κ3) is 3.93. The van der Waals surface area contributed by atoms with Crippen LogP contribution in [0.3, 0.4) is 0 Å². The average Bonchev–Trinajstić information content (AvgIpc) is 2.47. The van der Waals surface area contributed by atoms with Crippen LogP contribution in [0, 0.1) is 0 Å². The Labute approximate surface area is 120 Å². The van der Waals surface area contributed by atoms with Crippen LogP contribution in [0.15, 0.2) is 24.3 Å². The van der Waals surface area contributed by atoms with Crippen molar-refractivity contribution in [1.82, 2.24) is 4.90 Å². The molecular weight excluding hydrogens is 256 g/mol. The maximum absolute atomic E-state index is 6.37. The first-order chi connectivity index (χ1) is 9.72.